The lowest BCUT2D eigenvalue weighted by molar-refractivity contribution is 0.0987. The van der Waals surface area contributed by atoms with Crippen LogP contribution in [-0.4, -0.2) is 20.0 Å². The number of ether oxygens (including phenoxy) is 2. The number of alkyl halides is 1. The third-order valence-corrected chi connectivity index (χ3v) is 3.92. The van der Waals surface area contributed by atoms with E-state index in [0.717, 1.165) is 5.56 Å². The van der Waals surface area contributed by atoms with Crippen LogP contribution in [0.5, 0.6) is 11.5 Å². The summed E-state index contributed by atoms with van der Waals surface area (Å²) in [6, 6.07) is 14.6. The third kappa shape index (κ3) is 2.85. The summed E-state index contributed by atoms with van der Waals surface area (Å²) in [6.45, 7) is 0. The van der Waals surface area contributed by atoms with Crippen molar-refractivity contribution in [1.29, 1.82) is 0 Å². The van der Waals surface area contributed by atoms with E-state index in [1.54, 1.807) is 26.4 Å². The Bertz CT molecular complexity index is 610. The number of carbonyl (C=O) groups excluding carboxylic acids is 1. The first-order chi connectivity index (χ1) is 9.69. The molecule has 0 unspecified atom stereocenters. The number of rotatable bonds is 5. The Labute approximate surface area is 126 Å². The standard InChI is InChI=1S/C16H15BrO3/c1-19-13-9-5-3-7-11(13)15(17)16(18)12-8-4-6-10-14(12)20-2/h3-10,15H,1-2H3/t15-/m1/s1. The van der Waals surface area contributed by atoms with E-state index in [4.69, 9.17) is 9.47 Å². The maximum Gasteiger partial charge on any atom is 0.184 e. The zero-order chi connectivity index (χ0) is 14.5. The molecule has 0 spiro atoms. The predicted octanol–water partition coefficient (Wildman–Crippen LogP) is 4.02. The van der Waals surface area contributed by atoms with Gasteiger partial charge in [-0.15, -0.1) is 0 Å². The van der Waals surface area contributed by atoms with Gasteiger partial charge < -0.3 is 9.47 Å². The van der Waals surface area contributed by atoms with Crippen molar-refractivity contribution in [3.63, 3.8) is 0 Å². The van der Waals surface area contributed by atoms with Crippen LogP contribution in [0.4, 0.5) is 0 Å². The third-order valence-electron chi connectivity index (χ3n) is 3.01. The fraction of sp³-hybridized carbons (Fsp3) is 0.188. The molecule has 0 fully saturated rings. The molecule has 4 heteroatoms. The van der Waals surface area contributed by atoms with Gasteiger partial charge in [0.05, 0.1) is 19.8 Å². The van der Waals surface area contributed by atoms with Gasteiger partial charge in [0, 0.05) is 5.56 Å². The van der Waals surface area contributed by atoms with E-state index in [0.29, 0.717) is 17.1 Å². The van der Waals surface area contributed by atoms with Gasteiger partial charge in [-0.2, -0.15) is 0 Å². The Balaban J connectivity index is 2.38. The van der Waals surface area contributed by atoms with Crippen molar-refractivity contribution in [2.24, 2.45) is 0 Å². The quantitative estimate of drug-likeness (QED) is 0.611. The number of Topliss-reactive ketones (excluding diaryl/α,β-unsaturated/α-hetero) is 1. The molecule has 2 aromatic carbocycles. The molecule has 3 nitrogen and oxygen atoms in total. The van der Waals surface area contributed by atoms with Crippen LogP contribution in [0.15, 0.2) is 48.5 Å². The van der Waals surface area contributed by atoms with Crippen molar-refractivity contribution in [2.45, 2.75) is 4.83 Å². The van der Waals surface area contributed by atoms with Crippen LogP contribution in [0.25, 0.3) is 0 Å². The highest BCUT2D eigenvalue weighted by molar-refractivity contribution is 9.09. The molecule has 1 atom stereocenters. The lowest BCUT2D eigenvalue weighted by Crippen LogP contribution is -2.09. The van der Waals surface area contributed by atoms with E-state index >= 15 is 0 Å². The highest BCUT2D eigenvalue weighted by Crippen LogP contribution is 2.35. The lowest BCUT2D eigenvalue weighted by Gasteiger charge is -2.14. The van der Waals surface area contributed by atoms with Crippen LogP contribution in [0.3, 0.4) is 0 Å². The van der Waals surface area contributed by atoms with Crippen molar-refractivity contribution >= 4 is 21.7 Å². The number of carbonyl (C=O) groups is 1. The SMILES string of the molecule is COc1ccccc1C(=O)[C@H](Br)c1ccccc1OC. The first kappa shape index (κ1) is 14.6. The maximum atomic E-state index is 12.6. The van der Waals surface area contributed by atoms with Gasteiger partial charge in [-0.05, 0) is 18.2 Å². The molecule has 0 bridgehead atoms. The normalized spacial score (nSPS) is 11.8. The van der Waals surface area contributed by atoms with Crippen LogP contribution in [-0.2, 0) is 0 Å². The predicted molar refractivity (Wildman–Crippen MR) is 82.0 cm³/mol. The zero-order valence-corrected chi connectivity index (χ0v) is 12.9. The number of halogens is 1. The number of ketones is 1. The number of hydrogen-bond donors (Lipinski definition) is 0. The number of hydrogen-bond acceptors (Lipinski definition) is 3. The van der Waals surface area contributed by atoms with E-state index in [1.807, 2.05) is 36.4 Å². The average Bonchev–Trinajstić information content (AvgIpc) is 2.53. The van der Waals surface area contributed by atoms with Crippen molar-refractivity contribution in [2.75, 3.05) is 14.2 Å². The average molecular weight is 335 g/mol. The van der Waals surface area contributed by atoms with Crippen LogP contribution in [0, 0.1) is 0 Å². The Morgan fingerprint density at radius 3 is 2.15 bits per heavy atom. The summed E-state index contributed by atoms with van der Waals surface area (Å²) in [5, 5.41) is 0. The van der Waals surface area contributed by atoms with E-state index in [1.165, 1.54) is 0 Å². The second-order valence-corrected chi connectivity index (χ2v) is 5.08. The molecular weight excluding hydrogens is 320 g/mol. The Morgan fingerprint density at radius 2 is 1.50 bits per heavy atom. The van der Waals surface area contributed by atoms with Crippen LogP contribution in [0.1, 0.15) is 20.7 Å². The second kappa shape index (κ2) is 6.57. The largest absolute Gasteiger partial charge is 0.496 e. The molecule has 0 heterocycles. The van der Waals surface area contributed by atoms with Crippen molar-refractivity contribution in [1.82, 2.24) is 0 Å². The zero-order valence-electron chi connectivity index (χ0n) is 11.3. The highest BCUT2D eigenvalue weighted by Gasteiger charge is 2.24. The van der Waals surface area contributed by atoms with Gasteiger partial charge in [-0.25, -0.2) is 0 Å². The first-order valence-electron chi connectivity index (χ1n) is 6.13. The van der Waals surface area contributed by atoms with Gasteiger partial charge in [-0.3, -0.25) is 4.79 Å². The molecule has 0 aliphatic carbocycles. The van der Waals surface area contributed by atoms with Crippen LogP contribution >= 0.6 is 15.9 Å². The molecule has 0 radical (unpaired) electrons. The van der Waals surface area contributed by atoms with Gasteiger partial charge in [0.1, 0.15) is 16.3 Å². The van der Waals surface area contributed by atoms with Gasteiger partial charge in [0.2, 0.25) is 0 Å². The molecular formula is C16H15BrO3. The van der Waals surface area contributed by atoms with Crippen molar-refractivity contribution in [3.05, 3.63) is 59.7 Å². The summed E-state index contributed by atoms with van der Waals surface area (Å²) in [6.07, 6.45) is 0. The summed E-state index contributed by atoms with van der Waals surface area (Å²) in [5.74, 6) is 1.18. The fourth-order valence-corrected chi connectivity index (χ4v) is 2.63. The van der Waals surface area contributed by atoms with Gasteiger partial charge in [0.15, 0.2) is 5.78 Å². The van der Waals surface area contributed by atoms with Crippen molar-refractivity contribution in [3.8, 4) is 11.5 Å². The molecule has 2 aromatic rings. The molecule has 104 valence electrons. The minimum absolute atomic E-state index is 0.0630. The first-order valence-corrected chi connectivity index (χ1v) is 7.04. The Hall–Kier alpha value is -1.81. The smallest absolute Gasteiger partial charge is 0.184 e. The van der Waals surface area contributed by atoms with E-state index in [2.05, 4.69) is 15.9 Å². The fourth-order valence-electron chi connectivity index (χ4n) is 2.00. The minimum Gasteiger partial charge on any atom is -0.496 e. The molecule has 0 aromatic heterocycles. The molecule has 2 rings (SSSR count). The summed E-state index contributed by atoms with van der Waals surface area (Å²) in [4.78, 5) is 12.1. The molecule has 0 aliphatic rings. The molecule has 20 heavy (non-hydrogen) atoms. The molecule has 0 amide bonds. The Morgan fingerprint density at radius 1 is 0.950 bits per heavy atom. The highest BCUT2D eigenvalue weighted by atomic mass is 79.9. The maximum absolute atomic E-state index is 12.6. The summed E-state index contributed by atoms with van der Waals surface area (Å²) < 4.78 is 10.5. The number of benzene rings is 2. The number of methoxy groups -OCH3 is 2. The van der Waals surface area contributed by atoms with Gasteiger partial charge in [-0.1, -0.05) is 46.3 Å². The number of para-hydroxylation sites is 2. The van der Waals surface area contributed by atoms with Gasteiger partial charge >= 0.3 is 0 Å². The van der Waals surface area contributed by atoms with E-state index < -0.39 is 4.83 Å². The lowest BCUT2D eigenvalue weighted by atomic mass is 10.0. The topological polar surface area (TPSA) is 35.5 Å². The second-order valence-electron chi connectivity index (χ2n) is 4.17. The molecule has 0 N–H and O–H groups in total. The monoisotopic (exact) mass is 334 g/mol. The summed E-state index contributed by atoms with van der Waals surface area (Å²) in [5.41, 5.74) is 1.34. The summed E-state index contributed by atoms with van der Waals surface area (Å²) >= 11 is 3.46. The van der Waals surface area contributed by atoms with Crippen molar-refractivity contribution < 1.29 is 14.3 Å². The summed E-state index contributed by atoms with van der Waals surface area (Å²) in [7, 11) is 3.14. The molecule has 0 aliphatic heterocycles. The van der Waals surface area contributed by atoms with E-state index in [-0.39, 0.29) is 5.78 Å². The minimum atomic E-state index is -0.477. The molecule has 0 saturated carbocycles. The molecule has 0 saturated heterocycles. The van der Waals surface area contributed by atoms with Crippen LogP contribution < -0.4 is 9.47 Å². The Kier molecular flexibility index (Phi) is 4.79. The van der Waals surface area contributed by atoms with E-state index in [9.17, 15) is 4.79 Å². The van der Waals surface area contributed by atoms with Gasteiger partial charge in [0.25, 0.3) is 0 Å². The van der Waals surface area contributed by atoms with Crippen LogP contribution in [0.2, 0.25) is 0 Å².